The number of nitrogens with zero attached hydrogens (tertiary/aromatic N) is 2. The SMILES string of the molecule is c1ccc(N2c3ccccc3B3c4cccc(-c5ccc6oc7ccccc7c6c5)c4N(c4ccccc4)c4cccc2c43)cc1. The van der Waals surface area contributed by atoms with Crippen LogP contribution in [-0.2, 0) is 0 Å². The van der Waals surface area contributed by atoms with Crippen LogP contribution in [0.15, 0.2) is 168 Å². The Labute approximate surface area is 267 Å². The van der Waals surface area contributed by atoms with Crippen molar-refractivity contribution in [2.75, 3.05) is 9.80 Å². The van der Waals surface area contributed by atoms with Crippen LogP contribution in [0.3, 0.4) is 0 Å². The predicted molar refractivity (Wildman–Crippen MR) is 193 cm³/mol. The summed E-state index contributed by atoms with van der Waals surface area (Å²) < 4.78 is 6.22. The van der Waals surface area contributed by atoms with E-state index in [-0.39, 0.29) is 6.71 Å². The summed E-state index contributed by atoms with van der Waals surface area (Å²) in [5, 5.41) is 2.28. The Morgan fingerprint density at radius 3 is 1.87 bits per heavy atom. The van der Waals surface area contributed by atoms with Crippen molar-refractivity contribution in [1.82, 2.24) is 0 Å². The van der Waals surface area contributed by atoms with E-state index in [1.807, 2.05) is 12.1 Å². The number of rotatable bonds is 3. The Morgan fingerprint density at radius 2 is 1.04 bits per heavy atom. The number of para-hydroxylation sites is 5. The zero-order valence-corrected chi connectivity index (χ0v) is 25.0. The zero-order valence-electron chi connectivity index (χ0n) is 25.0. The minimum absolute atomic E-state index is 0.0794. The molecule has 0 bridgehead atoms. The Morgan fingerprint density at radius 1 is 0.435 bits per heavy atom. The Balaban J connectivity index is 1.29. The fourth-order valence-corrected chi connectivity index (χ4v) is 7.76. The van der Waals surface area contributed by atoms with Gasteiger partial charge in [-0.1, -0.05) is 103 Å². The number of hydrogen-bond acceptors (Lipinski definition) is 3. The summed E-state index contributed by atoms with van der Waals surface area (Å²) in [5.41, 5.74) is 15.3. The molecule has 0 saturated heterocycles. The molecule has 0 radical (unpaired) electrons. The monoisotopic (exact) mass is 586 g/mol. The minimum Gasteiger partial charge on any atom is -0.456 e. The summed E-state index contributed by atoms with van der Waals surface area (Å²) in [6.07, 6.45) is 0. The van der Waals surface area contributed by atoms with Crippen LogP contribution in [0.1, 0.15) is 0 Å². The molecule has 0 N–H and O–H groups in total. The van der Waals surface area contributed by atoms with Crippen molar-refractivity contribution in [3.63, 3.8) is 0 Å². The second-order valence-electron chi connectivity index (χ2n) is 12.1. The molecule has 0 atom stereocenters. The molecule has 3 nitrogen and oxygen atoms in total. The standard InChI is InChI=1S/C42H27BN2O/c1-3-13-29(14-4-1)44-36-21-9-8-19-34(36)43-35-20-11-18-31(28-25-26-40-33(27-28)32-17-7-10-24-39(32)46-40)42(35)45(30-15-5-2-6-16-30)38-23-12-22-37(44)41(38)43/h1-27H. The lowest BCUT2D eigenvalue weighted by Crippen LogP contribution is -2.61. The lowest BCUT2D eigenvalue weighted by Gasteiger charge is -2.44. The van der Waals surface area contributed by atoms with Gasteiger partial charge in [-0.2, -0.15) is 0 Å². The van der Waals surface area contributed by atoms with E-state index in [1.54, 1.807) is 0 Å². The summed E-state index contributed by atoms with van der Waals surface area (Å²) in [4.78, 5) is 4.91. The minimum atomic E-state index is 0.0794. The highest BCUT2D eigenvalue weighted by Crippen LogP contribution is 2.46. The first kappa shape index (κ1) is 25.3. The molecule has 0 aliphatic carbocycles. The summed E-state index contributed by atoms with van der Waals surface area (Å²) in [7, 11) is 0. The van der Waals surface area contributed by atoms with Crippen molar-refractivity contribution in [3.05, 3.63) is 164 Å². The van der Waals surface area contributed by atoms with E-state index < -0.39 is 0 Å². The Hall–Kier alpha value is -6.00. The van der Waals surface area contributed by atoms with Gasteiger partial charge in [-0.25, -0.2) is 0 Å². The molecular formula is C42H27BN2O. The number of benzene rings is 7. The molecule has 0 unspecified atom stereocenters. The largest absolute Gasteiger partial charge is 0.456 e. The molecule has 0 amide bonds. The molecule has 8 aromatic rings. The second-order valence-corrected chi connectivity index (χ2v) is 12.1. The molecule has 0 fully saturated rings. The number of anilines is 6. The van der Waals surface area contributed by atoms with Gasteiger partial charge < -0.3 is 14.2 Å². The average molecular weight is 587 g/mol. The van der Waals surface area contributed by atoms with E-state index in [0.717, 1.165) is 33.3 Å². The van der Waals surface area contributed by atoms with Crippen LogP contribution < -0.4 is 26.2 Å². The molecule has 0 spiro atoms. The maximum atomic E-state index is 6.22. The summed E-state index contributed by atoms with van der Waals surface area (Å²) in [6, 6.07) is 59.0. The predicted octanol–water partition coefficient (Wildman–Crippen LogP) is 9.34. The van der Waals surface area contributed by atoms with Gasteiger partial charge in [0.05, 0.1) is 0 Å². The van der Waals surface area contributed by atoms with Gasteiger partial charge in [-0.15, -0.1) is 0 Å². The number of fused-ring (bicyclic) bond motifs is 7. The first-order valence-electron chi connectivity index (χ1n) is 15.8. The fourth-order valence-electron chi connectivity index (χ4n) is 7.76. The molecule has 3 heterocycles. The van der Waals surface area contributed by atoms with Gasteiger partial charge in [0.1, 0.15) is 11.2 Å². The van der Waals surface area contributed by atoms with Crippen molar-refractivity contribution >= 4 is 79.2 Å². The van der Waals surface area contributed by atoms with Crippen LogP contribution in [0.2, 0.25) is 0 Å². The molecule has 214 valence electrons. The second kappa shape index (κ2) is 9.75. The van der Waals surface area contributed by atoms with E-state index in [2.05, 4.69) is 161 Å². The van der Waals surface area contributed by atoms with Gasteiger partial charge in [0.2, 0.25) is 0 Å². The molecule has 46 heavy (non-hydrogen) atoms. The van der Waals surface area contributed by atoms with Gasteiger partial charge in [0.25, 0.3) is 6.71 Å². The topological polar surface area (TPSA) is 19.6 Å². The first-order chi connectivity index (χ1) is 22.8. The van der Waals surface area contributed by atoms with E-state index in [4.69, 9.17) is 4.42 Å². The molecule has 4 heteroatoms. The maximum absolute atomic E-state index is 6.22. The van der Waals surface area contributed by atoms with Crippen LogP contribution in [0.5, 0.6) is 0 Å². The summed E-state index contributed by atoms with van der Waals surface area (Å²) in [5.74, 6) is 0. The average Bonchev–Trinajstić information content (AvgIpc) is 3.50. The fraction of sp³-hybridized carbons (Fsp3) is 0. The van der Waals surface area contributed by atoms with Crippen molar-refractivity contribution in [2.24, 2.45) is 0 Å². The van der Waals surface area contributed by atoms with Crippen molar-refractivity contribution < 1.29 is 4.42 Å². The van der Waals surface area contributed by atoms with Crippen molar-refractivity contribution in [3.8, 4) is 11.1 Å². The molecular weight excluding hydrogens is 559 g/mol. The summed E-state index contributed by atoms with van der Waals surface area (Å²) in [6.45, 7) is 0.0794. The smallest absolute Gasteiger partial charge is 0.252 e. The zero-order chi connectivity index (χ0) is 30.2. The highest BCUT2D eigenvalue weighted by atomic mass is 16.3. The molecule has 2 aliphatic heterocycles. The third kappa shape index (κ3) is 3.55. The van der Waals surface area contributed by atoms with Crippen molar-refractivity contribution in [1.29, 1.82) is 0 Å². The van der Waals surface area contributed by atoms with Crippen LogP contribution in [0.4, 0.5) is 34.1 Å². The van der Waals surface area contributed by atoms with Crippen LogP contribution in [0, 0.1) is 0 Å². The van der Waals surface area contributed by atoms with E-state index in [1.165, 1.54) is 50.3 Å². The highest BCUT2D eigenvalue weighted by molar-refractivity contribution is 7.00. The van der Waals surface area contributed by atoms with E-state index >= 15 is 0 Å². The van der Waals surface area contributed by atoms with Crippen molar-refractivity contribution in [2.45, 2.75) is 0 Å². The molecule has 2 aliphatic rings. The normalized spacial score (nSPS) is 13.1. The lowest BCUT2D eigenvalue weighted by molar-refractivity contribution is 0.669. The molecule has 1 aromatic heterocycles. The quantitative estimate of drug-likeness (QED) is 0.192. The molecule has 7 aromatic carbocycles. The number of hydrogen-bond donors (Lipinski definition) is 0. The Kier molecular flexibility index (Phi) is 5.37. The third-order valence-electron chi connectivity index (χ3n) is 9.64. The third-order valence-corrected chi connectivity index (χ3v) is 9.64. The van der Waals surface area contributed by atoms with Gasteiger partial charge >= 0.3 is 0 Å². The van der Waals surface area contributed by atoms with Gasteiger partial charge in [-0.3, -0.25) is 0 Å². The molecule has 0 saturated carbocycles. The number of furan rings is 1. The van der Waals surface area contributed by atoms with Gasteiger partial charge in [0, 0.05) is 50.5 Å². The lowest BCUT2D eigenvalue weighted by atomic mass is 9.33. The van der Waals surface area contributed by atoms with Crippen LogP contribution in [-0.4, -0.2) is 6.71 Å². The van der Waals surface area contributed by atoms with E-state index in [9.17, 15) is 0 Å². The van der Waals surface area contributed by atoms with Gasteiger partial charge in [0.15, 0.2) is 0 Å². The molecule has 10 rings (SSSR count). The summed E-state index contributed by atoms with van der Waals surface area (Å²) >= 11 is 0. The maximum Gasteiger partial charge on any atom is 0.252 e. The van der Waals surface area contributed by atoms with E-state index in [0.29, 0.717) is 0 Å². The highest BCUT2D eigenvalue weighted by Gasteiger charge is 2.43. The van der Waals surface area contributed by atoms with Crippen LogP contribution >= 0.6 is 0 Å². The van der Waals surface area contributed by atoms with Crippen LogP contribution in [0.25, 0.3) is 33.1 Å². The Bertz CT molecular complexity index is 2450. The first-order valence-corrected chi connectivity index (χ1v) is 15.8. The van der Waals surface area contributed by atoms with Gasteiger partial charge in [-0.05, 0) is 82.6 Å².